The highest BCUT2D eigenvalue weighted by Gasteiger charge is 2.41. The number of rotatable bonds is 5. The van der Waals surface area contributed by atoms with Gasteiger partial charge in [-0.15, -0.1) is 0 Å². The second-order valence-electron chi connectivity index (χ2n) is 7.31. The molecular weight excluding hydrogens is 318 g/mol. The average Bonchev–Trinajstić information content (AvgIpc) is 2.59. The van der Waals surface area contributed by atoms with E-state index in [-0.39, 0.29) is 12.2 Å². The summed E-state index contributed by atoms with van der Waals surface area (Å²) < 4.78 is 1.56. The van der Waals surface area contributed by atoms with E-state index in [0.29, 0.717) is 25.2 Å². The van der Waals surface area contributed by atoms with Gasteiger partial charge in [0.15, 0.2) is 0 Å². The van der Waals surface area contributed by atoms with Crippen LogP contribution >= 0.6 is 0 Å². The van der Waals surface area contributed by atoms with Gasteiger partial charge in [-0.3, -0.25) is 14.1 Å². The summed E-state index contributed by atoms with van der Waals surface area (Å²) in [6, 6.07) is 5.38. The van der Waals surface area contributed by atoms with E-state index in [1.165, 1.54) is 0 Å². The van der Waals surface area contributed by atoms with Gasteiger partial charge in [-0.2, -0.15) is 0 Å². The van der Waals surface area contributed by atoms with Crippen molar-refractivity contribution in [3.8, 4) is 0 Å². The van der Waals surface area contributed by atoms with Crippen LogP contribution in [0, 0.1) is 12.3 Å². The van der Waals surface area contributed by atoms with Gasteiger partial charge in [-0.1, -0.05) is 19.4 Å². The maximum absolute atomic E-state index is 12.4. The number of pyridine rings is 1. The van der Waals surface area contributed by atoms with Gasteiger partial charge in [0, 0.05) is 37.3 Å². The van der Waals surface area contributed by atoms with Crippen LogP contribution in [-0.4, -0.2) is 50.3 Å². The third-order valence-corrected chi connectivity index (χ3v) is 5.27. The molecule has 136 valence electrons. The Morgan fingerprint density at radius 3 is 2.92 bits per heavy atom. The fourth-order valence-electron chi connectivity index (χ4n) is 3.92. The zero-order valence-electron chi connectivity index (χ0n) is 15.0. The van der Waals surface area contributed by atoms with E-state index in [9.17, 15) is 15.0 Å². The first-order chi connectivity index (χ1) is 12.0. The van der Waals surface area contributed by atoms with E-state index in [0.717, 1.165) is 30.6 Å². The molecule has 0 spiro atoms. The first-order valence-electron chi connectivity index (χ1n) is 8.97. The molecule has 1 aliphatic rings. The Bertz CT molecular complexity index is 804. The third-order valence-electron chi connectivity index (χ3n) is 5.27. The Hall–Kier alpha value is -1.76. The van der Waals surface area contributed by atoms with Crippen LogP contribution in [0.25, 0.3) is 5.65 Å². The number of aliphatic hydroxyl groups excluding tert-OH is 2. The SMILES string of the molecule is CCC[C@]1(CO)CN(Cc2cc(=O)n3cc(C)ccc3n2)CC[C@@H]1O. The minimum atomic E-state index is -0.480. The molecule has 1 saturated heterocycles. The number of aliphatic hydroxyl groups is 2. The molecule has 0 amide bonds. The molecule has 2 aromatic rings. The first-order valence-corrected chi connectivity index (χ1v) is 8.97. The molecule has 1 fully saturated rings. The molecule has 1 aliphatic heterocycles. The van der Waals surface area contributed by atoms with E-state index < -0.39 is 11.5 Å². The highest BCUT2D eigenvalue weighted by Crippen LogP contribution is 2.35. The number of aryl methyl sites for hydroxylation is 1. The molecule has 2 N–H and O–H groups in total. The molecule has 3 heterocycles. The number of piperidine rings is 1. The van der Waals surface area contributed by atoms with Crippen molar-refractivity contribution in [2.24, 2.45) is 5.41 Å². The van der Waals surface area contributed by atoms with Crippen LogP contribution in [0.5, 0.6) is 0 Å². The van der Waals surface area contributed by atoms with Crippen LogP contribution < -0.4 is 5.56 Å². The molecular formula is C19H27N3O3. The van der Waals surface area contributed by atoms with Crippen molar-refractivity contribution in [2.75, 3.05) is 19.7 Å². The maximum atomic E-state index is 12.4. The summed E-state index contributed by atoms with van der Waals surface area (Å²) in [5.74, 6) is 0. The van der Waals surface area contributed by atoms with Crippen LogP contribution in [0.1, 0.15) is 37.4 Å². The number of nitrogens with zero attached hydrogens (tertiary/aromatic N) is 3. The predicted molar refractivity (Wildman–Crippen MR) is 96.5 cm³/mol. The topological polar surface area (TPSA) is 78.1 Å². The van der Waals surface area contributed by atoms with Gasteiger partial charge < -0.3 is 10.2 Å². The van der Waals surface area contributed by atoms with Crippen molar-refractivity contribution in [3.63, 3.8) is 0 Å². The molecule has 0 radical (unpaired) electrons. The first kappa shape index (κ1) is 18.0. The summed E-state index contributed by atoms with van der Waals surface area (Å²) in [6.07, 6.45) is 3.65. The summed E-state index contributed by atoms with van der Waals surface area (Å²) >= 11 is 0. The standard InChI is InChI=1S/C19H27N3O3/c1-3-7-19(13-23)12-21(8-6-16(19)24)11-15-9-18(25)22-10-14(2)4-5-17(22)20-15/h4-5,9-10,16,23-24H,3,6-8,11-13H2,1-2H3/t16-,19+/m0/s1. The van der Waals surface area contributed by atoms with Crippen molar-refractivity contribution in [1.29, 1.82) is 0 Å². The highest BCUT2D eigenvalue weighted by molar-refractivity contribution is 5.39. The van der Waals surface area contributed by atoms with Gasteiger partial charge in [0.1, 0.15) is 5.65 Å². The van der Waals surface area contributed by atoms with Crippen LogP contribution in [-0.2, 0) is 6.54 Å². The van der Waals surface area contributed by atoms with Crippen LogP contribution in [0.15, 0.2) is 29.2 Å². The summed E-state index contributed by atoms with van der Waals surface area (Å²) in [7, 11) is 0. The monoisotopic (exact) mass is 345 g/mol. The van der Waals surface area contributed by atoms with Crippen molar-refractivity contribution in [2.45, 2.75) is 45.8 Å². The van der Waals surface area contributed by atoms with Gasteiger partial charge in [0.2, 0.25) is 0 Å². The average molecular weight is 345 g/mol. The molecule has 0 unspecified atom stereocenters. The fourth-order valence-corrected chi connectivity index (χ4v) is 3.92. The number of likely N-dealkylation sites (tertiary alicyclic amines) is 1. The van der Waals surface area contributed by atoms with E-state index >= 15 is 0 Å². The zero-order chi connectivity index (χ0) is 18.0. The summed E-state index contributed by atoms with van der Waals surface area (Å²) in [5.41, 5.74) is 1.83. The molecule has 2 aromatic heterocycles. The molecule has 6 nitrogen and oxygen atoms in total. The highest BCUT2D eigenvalue weighted by atomic mass is 16.3. The molecule has 0 aromatic carbocycles. The smallest absolute Gasteiger partial charge is 0.258 e. The number of hydrogen-bond acceptors (Lipinski definition) is 5. The largest absolute Gasteiger partial charge is 0.396 e. The minimum Gasteiger partial charge on any atom is -0.396 e. The number of aromatic nitrogens is 2. The van der Waals surface area contributed by atoms with Crippen molar-refractivity contribution >= 4 is 5.65 Å². The zero-order valence-corrected chi connectivity index (χ0v) is 15.0. The maximum Gasteiger partial charge on any atom is 0.258 e. The molecule has 0 bridgehead atoms. The number of hydrogen-bond donors (Lipinski definition) is 2. The van der Waals surface area contributed by atoms with Gasteiger partial charge >= 0.3 is 0 Å². The molecule has 0 saturated carbocycles. The lowest BCUT2D eigenvalue weighted by molar-refractivity contribution is -0.0821. The van der Waals surface area contributed by atoms with E-state index in [1.807, 2.05) is 19.1 Å². The normalized spacial score (nSPS) is 24.7. The Balaban J connectivity index is 1.83. The molecule has 2 atom stereocenters. The van der Waals surface area contributed by atoms with Crippen molar-refractivity contribution in [3.05, 3.63) is 46.0 Å². The second kappa shape index (κ2) is 7.23. The van der Waals surface area contributed by atoms with Crippen LogP contribution in [0.2, 0.25) is 0 Å². The lowest BCUT2D eigenvalue weighted by atomic mass is 9.74. The molecule has 0 aliphatic carbocycles. The number of fused-ring (bicyclic) bond motifs is 1. The summed E-state index contributed by atoms with van der Waals surface area (Å²) in [5, 5.41) is 20.3. The molecule has 25 heavy (non-hydrogen) atoms. The van der Waals surface area contributed by atoms with Gasteiger partial charge in [0.25, 0.3) is 5.56 Å². The van der Waals surface area contributed by atoms with E-state index in [2.05, 4.69) is 16.8 Å². The summed E-state index contributed by atoms with van der Waals surface area (Å²) in [6.45, 7) is 5.90. The molecule has 3 rings (SSSR count). The Labute approximate surface area is 147 Å². The van der Waals surface area contributed by atoms with Crippen molar-refractivity contribution in [1.82, 2.24) is 14.3 Å². The van der Waals surface area contributed by atoms with Crippen molar-refractivity contribution < 1.29 is 10.2 Å². The van der Waals surface area contributed by atoms with Crippen LogP contribution in [0.4, 0.5) is 0 Å². The second-order valence-corrected chi connectivity index (χ2v) is 7.31. The Morgan fingerprint density at radius 2 is 2.20 bits per heavy atom. The lowest BCUT2D eigenvalue weighted by Crippen LogP contribution is -2.53. The van der Waals surface area contributed by atoms with Gasteiger partial charge in [0.05, 0.1) is 18.4 Å². The van der Waals surface area contributed by atoms with Gasteiger partial charge in [-0.05, 0) is 31.4 Å². The Morgan fingerprint density at radius 1 is 1.40 bits per heavy atom. The van der Waals surface area contributed by atoms with Crippen LogP contribution in [0.3, 0.4) is 0 Å². The quantitative estimate of drug-likeness (QED) is 0.855. The Kier molecular flexibility index (Phi) is 5.22. The third kappa shape index (κ3) is 3.61. The summed E-state index contributed by atoms with van der Waals surface area (Å²) in [4.78, 5) is 19.1. The fraction of sp³-hybridized carbons (Fsp3) is 0.579. The van der Waals surface area contributed by atoms with E-state index in [1.54, 1.807) is 16.7 Å². The lowest BCUT2D eigenvalue weighted by Gasteiger charge is -2.45. The molecule has 6 heteroatoms. The predicted octanol–water partition coefficient (Wildman–Crippen LogP) is 1.35. The minimum absolute atomic E-state index is 0.0222. The van der Waals surface area contributed by atoms with Gasteiger partial charge in [-0.25, -0.2) is 4.98 Å². The van der Waals surface area contributed by atoms with E-state index in [4.69, 9.17) is 0 Å².